The van der Waals surface area contributed by atoms with Gasteiger partial charge in [0.1, 0.15) is 0 Å². The molecule has 0 saturated heterocycles. The number of nitrogens with two attached hydrogens (primary N) is 1. The molecule has 5 nitrogen and oxygen atoms in total. The predicted molar refractivity (Wildman–Crippen MR) is 48.4 cm³/mol. The molecule has 0 aromatic carbocycles. The number of hydrogen-bond acceptors (Lipinski definition) is 5. The molecule has 3 N–H and O–H groups in total. The number of aryl methyl sites for hydroxylation is 1. The molecule has 1 aromatic heterocycles. The Morgan fingerprint density at radius 1 is 1.62 bits per heavy atom. The summed E-state index contributed by atoms with van der Waals surface area (Å²) in [4.78, 5) is 7.75. The molecular formula is C8H13N3O2. The van der Waals surface area contributed by atoms with E-state index in [1.165, 1.54) is 7.11 Å². The van der Waals surface area contributed by atoms with Crippen LogP contribution < -0.4 is 10.5 Å². The number of nitrogen functional groups attached to an aromatic ring is 1. The van der Waals surface area contributed by atoms with Gasteiger partial charge in [-0.25, -0.2) is 4.98 Å². The van der Waals surface area contributed by atoms with Crippen LogP contribution in [-0.2, 0) is 6.42 Å². The maximum absolute atomic E-state index is 8.64. The summed E-state index contributed by atoms with van der Waals surface area (Å²) in [7, 11) is 1.53. The monoisotopic (exact) mass is 183 g/mol. The Labute approximate surface area is 76.6 Å². The van der Waals surface area contributed by atoms with Crippen molar-refractivity contribution in [2.75, 3.05) is 19.5 Å². The third-order valence-electron chi connectivity index (χ3n) is 1.64. The zero-order chi connectivity index (χ0) is 9.68. The molecule has 13 heavy (non-hydrogen) atoms. The smallest absolute Gasteiger partial charge is 0.223 e. The van der Waals surface area contributed by atoms with Crippen LogP contribution in [0.2, 0.25) is 0 Å². The van der Waals surface area contributed by atoms with Crippen molar-refractivity contribution in [1.82, 2.24) is 9.97 Å². The fourth-order valence-electron chi connectivity index (χ4n) is 1.02. The third-order valence-corrected chi connectivity index (χ3v) is 1.64. The van der Waals surface area contributed by atoms with Crippen LogP contribution >= 0.6 is 0 Å². The summed E-state index contributed by atoms with van der Waals surface area (Å²) in [5.41, 5.74) is 6.25. The highest BCUT2D eigenvalue weighted by atomic mass is 16.5. The van der Waals surface area contributed by atoms with Crippen molar-refractivity contribution in [1.29, 1.82) is 0 Å². The molecule has 72 valence electrons. The molecule has 0 spiro atoms. The van der Waals surface area contributed by atoms with Crippen LogP contribution in [0.4, 0.5) is 5.95 Å². The van der Waals surface area contributed by atoms with Gasteiger partial charge in [0.2, 0.25) is 11.8 Å². The zero-order valence-electron chi connectivity index (χ0n) is 7.53. The summed E-state index contributed by atoms with van der Waals surface area (Å²) >= 11 is 0. The summed E-state index contributed by atoms with van der Waals surface area (Å²) in [5, 5.41) is 8.64. The molecule has 0 unspecified atom stereocenters. The third kappa shape index (κ3) is 2.55. The van der Waals surface area contributed by atoms with E-state index in [1.54, 1.807) is 6.20 Å². The molecule has 1 aromatic rings. The lowest BCUT2D eigenvalue weighted by atomic mass is 10.2. The van der Waals surface area contributed by atoms with Crippen molar-refractivity contribution in [3.05, 3.63) is 11.8 Å². The Kier molecular flexibility index (Phi) is 3.45. The van der Waals surface area contributed by atoms with Gasteiger partial charge in [-0.3, -0.25) is 0 Å². The molecule has 0 amide bonds. The van der Waals surface area contributed by atoms with Crippen LogP contribution in [0.5, 0.6) is 5.88 Å². The second kappa shape index (κ2) is 4.61. The van der Waals surface area contributed by atoms with Crippen LogP contribution in [0, 0.1) is 0 Å². The predicted octanol–water partition coefficient (Wildman–Crippen LogP) is -0.00770. The minimum Gasteiger partial charge on any atom is -0.481 e. The largest absolute Gasteiger partial charge is 0.481 e. The number of rotatable bonds is 4. The first kappa shape index (κ1) is 9.73. The van der Waals surface area contributed by atoms with Gasteiger partial charge in [0, 0.05) is 18.4 Å². The van der Waals surface area contributed by atoms with E-state index in [9.17, 15) is 0 Å². The summed E-state index contributed by atoms with van der Waals surface area (Å²) in [6.07, 6.45) is 2.99. The highest BCUT2D eigenvalue weighted by molar-refractivity contribution is 5.29. The average molecular weight is 183 g/mol. The SMILES string of the molecule is COc1nc(N)ncc1CCCO. The maximum Gasteiger partial charge on any atom is 0.223 e. The number of ether oxygens (including phenoxy) is 1. The van der Waals surface area contributed by atoms with Crippen LogP contribution in [-0.4, -0.2) is 28.8 Å². The van der Waals surface area contributed by atoms with Crippen molar-refractivity contribution in [2.45, 2.75) is 12.8 Å². The molecule has 0 atom stereocenters. The van der Waals surface area contributed by atoms with Gasteiger partial charge in [0.15, 0.2) is 0 Å². The number of nitrogens with zero attached hydrogens (tertiary/aromatic N) is 2. The summed E-state index contributed by atoms with van der Waals surface area (Å²) < 4.78 is 5.01. The molecule has 0 fully saturated rings. The van der Waals surface area contributed by atoms with Gasteiger partial charge in [0.05, 0.1) is 7.11 Å². The van der Waals surface area contributed by atoms with Crippen LogP contribution in [0.3, 0.4) is 0 Å². The molecule has 0 radical (unpaired) electrons. The number of hydrogen-bond donors (Lipinski definition) is 2. The molecule has 0 bridgehead atoms. The van der Waals surface area contributed by atoms with Crippen molar-refractivity contribution in [2.24, 2.45) is 0 Å². The summed E-state index contributed by atoms with van der Waals surface area (Å²) in [6.45, 7) is 0.146. The Morgan fingerprint density at radius 3 is 3.00 bits per heavy atom. The van der Waals surface area contributed by atoms with Gasteiger partial charge >= 0.3 is 0 Å². The molecule has 1 heterocycles. The van der Waals surface area contributed by atoms with Crippen molar-refractivity contribution < 1.29 is 9.84 Å². The van der Waals surface area contributed by atoms with E-state index in [0.717, 1.165) is 5.56 Å². The number of methoxy groups -OCH3 is 1. The second-order valence-electron chi connectivity index (χ2n) is 2.59. The van der Waals surface area contributed by atoms with E-state index >= 15 is 0 Å². The molecule has 0 aliphatic heterocycles. The Hall–Kier alpha value is -1.36. The fourth-order valence-corrected chi connectivity index (χ4v) is 1.02. The number of aliphatic hydroxyl groups excluding tert-OH is 1. The number of aliphatic hydroxyl groups is 1. The minimum atomic E-state index is 0.146. The van der Waals surface area contributed by atoms with E-state index in [4.69, 9.17) is 15.6 Å². The lowest BCUT2D eigenvalue weighted by Gasteiger charge is -2.05. The Balaban J connectivity index is 2.79. The minimum absolute atomic E-state index is 0.146. The Morgan fingerprint density at radius 2 is 2.38 bits per heavy atom. The van der Waals surface area contributed by atoms with E-state index in [0.29, 0.717) is 18.7 Å². The maximum atomic E-state index is 8.64. The molecule has 0 saturated carbocycles. The van der Waals surface area contributed by atoms with Crippen molar-refractivity contribution in [3.8, 4) is 5.88 Å². The van der Waals surface area contributed by atoms with Gasteiger partial charge in [0.25, 0.3) is 0 Å². The summed E-state index contributed by atoms with van der Waals surface area (Å²) in [6, 6.07) is 0. The normalized spacial score (nSPS) is 10.0. The van der Waals surface area contributed by atoms with E-state index in [-0.39, 0.29) is 12.6 Å². The first-order valence-corrected chi connectivity index (χ1v) is 4.04. The number of aromatic nitrogens is 2. The first-order valence-electron chi connectivity index (χ1n) is 4.04. The molecule has 0 aliphatic rings. The standard InChI is InChI=1S/C8H13N3O2/c1-13-7-6(3-2-4-12)5-10-8(9)11-7/h5,12H,2-4H2,1H3,(H2,9,10,11). The molecule has 5 heteroatoms. The van der Waals surface area contributed by atoms with Crippen molar-refractivity contribution in [3.63, 3.8) is 0 Å². The lowest BCUT2D eigenvalue weighted by Crippen LogP contribution is -2.02. The molecule has 1 rings (SSSR count). The quantitative estimate of drug-likeness (QED) is 0.686. The van der Waals surface area contributed by atoms with E-state index < -0.39 is 0 Å². The second-order valence-corrected chi connectivity index (χ2v) is 2.59. The molecule has 0 aliphatic carbocycles. The average Bonchev–Trinajstić information content (AvgIpc) is 2.16. The van der Waals surface area contributed by atoms with Gasteiger partial charge < -0.3 is 15.6 Å². The zero-order valence-corrected chi connectivity index (χ0v) is 7.53. The van der Waals surface area contributed by atoms with Gasteiger partial charge in [-0.1, -0.05) is 0 Å². The van der Waals surface area contributed by atoms with E-state index in [1.807, 2.05) is 0 Å². The number of anilines is 1. The van der Waals surface area contributed by atoms with Gasteiger partial charge in [-0.2, -0.15) is 4.98 Å². The van der Waals surface area contributed by atoms with Crippen molar-refractivity contribution >= 4 is 5.95 Å². The Bertz CT molecular complexity index is 278. The lowest BCUT2D eigenvalue weighted by molar-refractivity contribution is 0.287. The van der Waals surface area contributed by atoms with Crippen LogP contribution in [0.25, 0.3) is 0 Å². The highest BCUT2D eigenvalue weighted by Crippen LogP contribution is 2.16. The molecular weight excluding hydrogens is 170 g/mol. The van der Waals surface area contributed by atoms with Crippen LogP contribution in [0.15, 0.2) is 6.20 Å². The highest BCUT2D eigenvalue weighted by Gasteiger charge is 2.04. The van der Waals surface area contributed by atoms with Crippen LogP contribution in [0.1, 0.15) is 12.0 Å². The fraction of sp³-hybridized carbons (Fsp3) is 0.500. The topological polar surface area (TPSA) is 81.3 Å². The summed E-state index contributed by atoms with van der Waals surface area (Å²) in [5.74, 6) is 0.686. The van der Waals surface area contributed by atoms with Gasteiger partial charge in [-0.05, 0) is 12.8 Å². The van der Waals surface area contributed by atoms with Gasteiger partial charge in [-0.15, -0.1) is 0 Å². The van der Waals surface area contributed by atoms with E-state index in [2.05, 4.69) is 9.97 Å². The first-order chi connectivity index (χ1) is 6.27.